The van der Waals surface area contributed by atoms with Crippen molar-refractivity contribution in [2.45, 2.75) is 26.9 Å². The number of likely N-dealkylation sites (N-methyl/N-ethyl adjacent to an activating group) is 1. The molecule has 1 N–H and O–H groups in total. The molecule has 66 valence electrons. The molecule has 0 aliphatic carbocycles. The summed E-state index contributed by atoms with van der Waals surface area (Å²) in [6, 6.07) is 0. The monoisotopic (exact) mass is 159 g/mol. The number of carbonyl (C=O) groups excluding carboxylic acids is 1. The summed E-state index contributed by atoms with van der Waals surface area (Å²) in [4.78, 5) is 10.7. The highest BCUT2D eigenvalue weighted by Gasteiger charge is 2.05. The SMILES string of the molecule is CCNCCOC(C)C(C)=O. The highest BCUT2D eigenvalue weighted by Crippen LogP contribution is 1.90. The number of Topliss-reactive ketones (excluding diaryl/α,β-unsaturated/α-hetero) is 1. The predicted octanol–water partition coefficient (Wildman–Crippen LogP) is 0.590. The molecule has 0 aromatic rings. The van der Waals surface area contributed by atoms with Gasteiger partial charge in [0, 0.05) is 6.54 Å². The lowest BCUT2D eigenvalue weighted by atomic mass is 10.3. The summed E-state index contributed by atoms with van der Waals surface area (Å²) in [5.41, 5.74) is 0. The molecule has 3 nitrogen and oxygen atoms in total. The minimum absolute atomic E-state index is 0.0847. The van der Waals surface area contributed by atoms with E-state index < -0.39 is 0 Å². The topological polar surface area (TPSA) is 38.3 Å². The first-order chi connectivity index (χ1) is 5.18. The molecule has 0 aromatic carbocycles. The zero-order chi connectivity index (χ0) is 8.69. The van der Waals surface area contributed by atoms with Crippen molar-refractivity contribution in [3.63, 3.8) is 0 Å². The third-order valence-corrected chi connectivity index (χ3v) is 1.47. The van der Waals surface area contributed by atoms with Crippen LogP contribution in [0.15, 0.2) is 0 Å². The van der Waals surface area contributed by atoms with E-state index in [0.29, 0.717) is 6.61 Å². The summed E-state index contributed by atoms with van der Waals surface area (Å²) in [6.07, 6.45) is -0.256. The maximum Gasteiger partial charge on any atom is 0.158 e. The molecule has 0 aromatic heterocycles. The Morgan fingerprint density at radius 2 is 2.27 bits per heavy atom. The molecule has 0 saturated heterocycles. The van der Waals surface area contributed by atoms with Gasteiger partial charge in [0.15, 0.2) is 5.78 Å². The molecule has 0 radical (unpaired) electrons. The van der Waals surface area contributed by atoms with Crippen molar-refractivity contribution in [1.82, 2.24) is 5.32 Å². The molecule has 11 heavy (non-hydrogen) atoms. The molecule has 0 heterocycles. The third kappa shape index (κ3) is 6.01. The van der Waals surface area contributed by atoms with Crippen LogP contribution in [-0.2, 0) is 9.53 Å². The number of ether oxygens (including phenoxy) is 1. The Morgan fingerprint density at radius 1 is 1.64 bits per heavy atom. The van der Waals surface area contributed by atoms with Gasteiger partial charge in [0.25, 0.3) is 0 Å². The van der Waals surface area contributed by atoms with Crippen molar-refractivity contribution >= 4 is 5.78 Å². The number of hydrogen-bond donors (Lipinski definition) is 1. The fraction of sp³-hybridized carbons (Fsp3) is 0.875. The van der Waals surface area contributed by atoms with Gasteiger partial charge in [-0.2, -0.15) is 0 Å². The van der Waals surface area contributed by atoms with Crippen molar-refractivity contribution in [2.75, 3.05) is 19.7 Å². The third-order valence-electron chi connectivity index (χ3n) is 1.47. The summed E-state index contributed by atoms with van der Waals surface area (Å²) in [5, 5.41) is 3.11. The number of nitrogens with one attached hydrogen (secondary N) is 1. The van der Waals surface area contributed by atoms with Crippen LogP contribution >= 0.6 is 0 Å². The second-order valence-electron chi connectivity index (χ2n) is 2.48. The summed E-state index contributed by atoms with van der Waals surface area (Å²) in [6.45, 7) is 7.71. The van der Waals surface area contributed by atoms with E-state index in [0.717, 1.165) is 13.1 Å². The summed E-state index contributed by atoms with van der Waals surface area (Å²) in [7, 11) is 0. The van der Waals surface area contributed by atoms with E-state index in [1.165, 1.54) is 6.92 Å². The molecule has 0 aliphatic heterocycles. The first-order valence-corrected chi connectivity index (χ1v) is 4.01. The molecule has 1 unspecified atom stereocenters. The molecule has 0 fully saturated rings. The van der Waals surface area contributed by atoms with Gasteiger partial charge in [-0.05, 0) is 20.4 Å². The van der Waals surface area contributed by atoms with Crippen LogP contribution in [0.25, 0.3) is 0 Å². The van der Waals surface area contributed by atoms with E-state index in [9.17, 15) is 4.79 Å². The summed E-state index contributed by atoms with van der Waals surface area (Å²) >= 11 is 0. The first-order valence-electron chi connectivity index (χ1n) is 4.01. The number of rotatable bonds is 6. The Kier molecular flexibility index (Phi) is 6.07. The van der Waals surface area contributed by atoms with Crippen LogP contribution in [0.2, 0.25) is 0 Å². The van der Waals surface area contributed by atoms with Crippen molar-refractivity contribution in [3.8, 4) is 0 Å². The minimum Gasteiger partial charge on any atom is -0.369 e. The fourth-order valence-electron chi connectivity index (χ4n) is 0.602. The molecule has 0 aliphatic rings. The van der Waals surface area contributed by atoms with Gasteiger partial charge in [-0.1, -0.05) is 6.92 Å². The van der Waals surface area contributed by atoms with Gasteiger partial charge in [0.2, 0.25) is 0 Å². The van der Waals surface area contributed by atoms with Gasteiger partial charge in [-0.15, -0.1) is 0 Å². The van der Waals surface area contributed by atoms with Crippen LogP contribution in [0.4, 0.5) is 0 Å². The van der Waals surface area contributed by atoms with Crippen LogP contribution in [0.5, 0.6) is 0 Å². The lowest BCUT2D eigenvalue weighted by Gasteiger charge is -2.08. The molecule has 3 heteroatoms. The van der Waals surface area contributed by atoms with Gasteiger partial charge in [0.05, 0.1) is 6.61 Å². The molecule has 0 amide bonds. The second kappa shape index (κ2) is 6.31. The van der Waals surface area contributed by atoms with Gasteiger partial charge in [-0.3, -0.25) is 4.79 Å². The van der Waals surface area contributed by atoms with E-state index in [4.69, 9.17) is 4.74 Å². The van der Waals surface area contributed by atoms with Crippen LogP contribution in [0, 0.1) is 0 Å². The lowest BCUT2D eigenvalue weighted by Crippen LogP contribution is -2.24. The van der Waals surface area contributed by atoms with E-state index >= 15 is 0 Å². The van der Waals surface area contributed by atoms with Crippen LogP contribution in [0.3, 0.4) is 0 Å². The second-order valence-corrected chi connectivity index (χ2v) is 2.48. The predicted molar refractivity (Wildman–Crippen MR) is 44.6 cm³/mol. The Bertz CT molecular complexity index is 115. The molecule has 0 bridgehead atoms. The quantitative estimate of drug-likeness (QED) is 0.576. The maximum absolute atomic E-state index is 10.7. The molecule has 0 saturated carbocycles. The van der Waals surface area contributed by atoms with E-state index in [2.05, 4.69) is 5.32 Å². The van der Waals surface area contributed by atoms with Crippen LogP contribution < -0.4 is 5.32 Å². The average molecular weight is 159 g/mol. The molecular weight excluding hydrogens is 142 g/mol. The normalized spacial score (nSPS) is 13.0. The maximum atomic E-state index is 10.7. The van der Waals surface area contributed by atoms with Gasteiger partial charge in [-0.25, -0.2) is 0 Å². The van der Waals surface area contributed by atoms with Gasteiger partial charge in [0.1, 0.15) is 6.10 Å². The minimum atomic E-state index is -0.256. The summed E-state index contributed by atoms with van der Waals surface area (Å²) < 4.78 is 5.19. The number of carbonyl (C=O) groups is 1. The Balaban J connectivity index is 3.17. The Labute approximate surface area is 68.1 Å². The molecular formula is C8H17NO2. The van der Waals surface area contributed by atoms with Crippen LogP contribution in [0.1, 0.15) is 20.8 Å². The number of ketones is 1. The van der Waals surface area contributed by atoms with Crippen molar-refractivity contribution in [2.24, 2.45) is 0 Å². The lowest BCUT2D eigenvalue weighted by molar-refractivity contribution is -0.127. The zero-order valence-corrected chi connectivity index (χ0v) is 7.52. The standard InChI is InChI=1S/C8H17NO2/c1-4-9-5-6-11-8(3)7(2)10/h8-9H,4-6H2,1-3H3. The Hall–Kier alpha value is -0.410. The van der Waals surface area contributed by atoms with Gasteiger partial charge < -0.3 is 10.1 Å². The molecule has 0 rings (SSSR count). The van der Waals surface area contributed by atoms with Crippen molar-refractivity contribution in [3.05, 3.63) is 0 Å². The van der Waals surface area contributed by atoms with Crippen molar-refractivity contribution < 1.29 is 9.53 Å². The Morgan fingerprint density at radius 3 is 2.73 bits per heavy atom. The van der Waals surface area contributed by atoms with E-state index in [1.807, 2.05) is 6.92 Å². The molecule has 0 spiro atoms. The smallest absolute Gasteiger partial charge is 0.158 e. The highest BCUT2D eigenvalue weighted by atomic mass is 16.5. The summed E-state index contributed by atoms with van der Waals surface area (Å²) in [5.74, 6) is 0.0847. The number of hydrogen-bond acceptors (Lipinski definition) is 3. The molecule has 1 atom stereocenters. The largest absolute Gasteiger partial charge is 0.369 e. The fourth-order valence-corrected chi connectivity index (χ4v) is 0.602. The zero-order valence-electron chi connectivity index (χ0n) is 7.52. The van der Waals surface area contributed by atoms with E-state index in [1.54, 1.807) is 6.92 Å². The van der Waals surface area contributed by atoms with Gasteiger partial charge >= 0.3 is 0 Å². The van der Waals surface area contributed by atoms with Crippen molar-refractivity contribution in [1.29, 1.82) is 0 Å². The average Bonchev–Trinajstić information content (AvgIpc) is 1.97. The van der Waals surface area contributed by atoms with Crippen LogP contribution in [-0.4, -0.2) is 31.6 Å². The highest BCUT2D eigenvalue weighted by molar-refractivity contribution is 5.79. The first kappa shape index (κ1) is 10.6. The van der Waals surface area contributed by atoms with E-state index in [-0.39, 0.29) is 11.9 Å².